The summed E-state index contributed by atoms with van der Waals surface area (Å²) in [7, 11) is 0. The number of carbonyl (C=O) groups excluding carboxylic acids is 1. The lowest BCUT2D eigenvalue weighted by Gasteiger charge is -2.11. The molecule has 1 N–H and O–H groups in total. The van der Waals surface area contributed by atoms with Crippen molar-refractivity contribution < 1.29 is 9.18 Å². The number of halogens is 2. The number of rotatable bonds is 6. The van der Waals surface area contributed by atoms with Gasteiger partial charge in [-0.05, 0) is 67.9 Å². The van der Waals surface area contributed by atoms with Crippen LogP contribution in [-0.2, 0) is 4.79 Å². The fourth-order valence-corrected chi connectivity index (χ4v) is 3.95. The second-order valence-electron chi connectivity index (χ2n) is 7.28. The fourth-order valence-electron chi connectivity index (χ4n) is 3.07. The van der Waals surface area contributed by atoms with Gasteiger partial charge in [-0.3, -0.25) is 9.36 Å². The van der Waals surface area contributed by atoms with E-state index in [0.717, 1.165) is 16.8 Å². The van der Waals surface area contributed by atoms with Crippen molar-refractivity contribution in [2.45, 2.75) is 19.0 Å². The van der Waals surface area contributed by atoms with Crippen LogP contribution >= 0.6 is 23.4 Å². The Morgan fingerprint density at radius 2 is 1.75 bits per heavy atom. The lowest BCUT2D eigenvalue weighted by molar-refractivity contribution is -0.113. The van der Waals surface area contributed by atoms with Gasteiger partial charge in [0, 0.05) is 22.0 Å². The van der Waals surface area contributed by atoms with Crippen molar-refractivity contribution in [3.63, 3.8) is 0 Å². The maximum absolute atomic E-state index is 13.8. The molecular formula is C24H20ClFN4OS. The number of aryl methyl sites for hydroxylation is 2. The van der Waals surface area contributed by atoms with Crippen molar-refractivity contribution in [2.75, 3.05) is 11.1 Å². The molecule has 162 valence electrons. The van der Waals surface area contributed by atoms with Gasteiger partial charge in [-0.2, -0.15) is 0 Å². The second kappa shape index (κ2) is 9.54. The van der Waals surface area contributed by atoms with Crippen molar-refractivity contribution in [1.29, 1.82) is 0 Å². The van der Waals surface area contributed by atoms with Crippen LogP contribution in [0.2, 0.25) is 5.02 Å². The molecule has 5 nitrogen and oxygen atoms in total. The van der Waals surface area contributed by atoms with Crippen LogP contribution < -0.4 is 5.32 Å². The van der Waals surface area contributed by atoms with Crippen molar-refractivity contribution in [3.05, 3.63) is 88.7 Å². The van der Waals surface area contributed by atoms with Crippen LogP contribution in [0, 0.1) is 19.7 Å². The van der Waals surface area contributed by atoms with Crippen LogP contribution in [0.5, 0.6) is 0 Å². The van der Waals surface area contributed by atoms with Gasteiger partial charge in [-0.15, -0.1) is 10.2 Å². The Hall–Kier alpha value is -3.16. The van der Waals surface area contributed by atoms with Gasteiger partial charge in [0.2, 0.25) is 5.91 Å². The van der Waals surface area contributed by atoms with Gasteiger partial charge in [0.15, 0.2) is 11.0 Å². The summed E-state index contributed by atoms with van der Waals surface area (Å²) >= 11 is 7.29. The lowest BCUT2D eigenvalue weighted by Crippen LogP contribution is -2.14. The summed E-state index contributed by atoms with van der Waals surface area (Å²) < 4.78 is 15.7. The molecule has 0 radical (unpaired) electrons. The topological polar surface area (TPSA) is 59.8 Å². The summed E-state index contributed by atoms with van der Waals surface area (Å²) in [6.45, 7) is 3.69. The van der Waals surface area contributed by atoms with E-state index >= 15 is 0 Å². The monoisotopic (exact) mass is 466 g/mol. The van der Waals surface area contributed by atoms with Crippen LogP contribution in [0.1, 0.15) is 11.1 Å². The van der Waals surface area contributed by atoms with Crippen LogP contribution in [0.3, 0.4) is 0 Å². The highest BCUT2D eigenvalue weighted by Crippen LogP contribution is 2.29. The minimum Gasteiger partial charge on any atom is -0.325 e. The normalized spacial score (nSPS) is 10.9. The number of aromatic nitrogens is 3. The third kappa shape index (κ3) is 5.00. The standard InChI is InChI=1S/C24H20ClFN4OS/c1-15-3-11-20(12-4-15)30-23(17-6-8-18(25)9-7-17)28-29-24(30)32-14-22(31)27-19-10-5-16(2)21(26)13-19/h3-13H,14H2,1-2H3,(H,27,31). The number of thioether (sulfide) groups is 1. The Labute approximate surface area is 194 Å². The second-order valence-corrected chi connectivity index (χ2v) is 8.66. The fraction of sp³-hybridized carbons (Fsp3) is 0.125. The number of benzene rings is 3. The summed E-state index contributed by atoms with van der Waals surface area (Å²) in [6.07, 6.45) is 0. The van der Waals surface area contributed by atoms with E-state index in [0.29, 0.717) is 27.3 Å². The molecule has 32 heavy (non-hydrogen) atoms. The Morgan fingerprint density at radius 1 is 1.03 bits per heavy atom. The average Bonchev–Trinajstić information content (AvgIpc) is 3.20. The SMILES string of the molecule is Cc1ccc(-n2c(SCC(=O)Nc3ccc(C)c(F)c3)nnc2-c2ccc(Cl)cc2)cc1. The van der Waals surface area contributed by atoms with E-state index in [1.807, 2.05) is 47.9 Å². The number of hydrogen-bond donors (Lipinski definition) is 1. The molecule has 1 aromatic heterocycles. The first-order valence-corrected chi connectivity index (χ1v) is 11.2. The van der Waals surface area contributed by atoms with E-state index in [1.165, 1.54) is 17.8 Å². The van der Waals surface area contributed by atoms with Crippen LogP contribution in [0.15, 0.2) is 71.9 Å². The Morgan fingerprint density at radius 3 is 2.44 bits per heavy atom. The first-order valence-electron chi connectivity index (χ1n) is 9.88. The van der Waals surface area contributed by atoms with Gasteiger partial charge in [0.25, 0.3) is 0 Å². The van der Waals surface area contributed by atoms with Crippen molar-refractivity contribution in [2.24, 2.45) is 0 Å². The zero-order chi connectivity index (χ0) is 22.7. The molecule has 8 heteroatoms. The van der Waals surface area contributed by atoms with E-state index < -0.39 is 0 Å². The first kappa shape index (κ1) is 22.0. The van der Waals surface area contributed by atoms with E-state index in [1.54, 1.807) is 31.2 Å². The zero-order valence-corrected chi connectivity index (χ0v) is 19.0. The number of hydrogen-bond acceptors (Lipinski definition) is 4. The minimum atomic E-state index is -0.359. The summed E-state index contributed by atoms with van der Waals surface area (Å²) in [5.41, 5.74) is 3.82. The van der Waals surface area contributed by atoms with E-state index in [9.17, 15) is 9.18 Å². The van der Waals surface area contributed by atoms with Gasteiger partial charge >= 0.3 is 0 Å². The molecule has 0 bridgehead atoms. The summed E-state index contributed by atoms with van der Waals surface area (Å²) in [6, 6.07) is 20.0. The number of carbonyl (C=O) groups is 1. The van der Waals surface area contributed by atoms with Crippen LogP contribution in [0.4, 0.5) is 10.1 Å². The maximum atomic E-state index is 13.8. The molecule has 0 aliphatic heterocycles. The van der Waals surface area contributed by atoms with E-state index in [-0.39, 0.29) is 17.5 Å². The zero-order valence-electron chi connectivity index (χ0n) is 17.5. The number of nitrogens with one attached hydrogen (secondary N) is 1. The van der Waals surface area contributed by atoms with Gasteiger partial charge in [0.1, 0.15) is 5.82 Å². The highest BCUT2D eigenvalue weighted by molar-refractivity contribution is 7.99. The number of nitrogens with zero attached hydrogens (tertiary/aromatic N) is 3. The highest BCUT2D eigenvalue weighted by atomic mass is 35.5. The summed E-state index contributed by atoms with van der Waals surface area (Å²) in [4.78, 5) is 12.5. The molecule has 0 atom stereocenters. The molecule has 1 amide bonds. The third-order valence-electron chi connectivity index (χ3n) is 4.82. The predicted molar refractivity (Wildman–Crippen MR) is 127 cm³/mol. The summed E-state index contributed by atoms with van der Waals surface area (Å²) in [5, 5.41) is 12.6. The largest absolute Gasteiger partial charge is 0.325 e. The van der Waals surface area contributed by atoms with Crippen LogP contribution in [-0.4, -0.2) is 26.4 Å². The maximum Gasteiger partial charge on any atom is 0.234 e. The number of amides is 1. The molecular weight excluding hydrogens is 447 g/mol. The minimum absolute atomic E-state index is 0.0973. The third-order valence-corrected chi connectivity index (χ3v) is 6.00. The van der Waals surface area contributed by atoms with Crippen molar-refractivity contribution in [1.82, 2.24) is 14.8 Å². The number of anilines is 1. The molecule has 0 unspecified atom stereocenters. The quantitative estimate of drug-likeness (QED) is 0.350. The molecule has 0 aliphatic carbocycles. The van der Waals surface area contributed by atoms with Gasteiger partial charge in [-0.1, -0.05) is 47.1 Å². The summed E-state index contributed by atoms with van der Waals surface area (Å²) in [5.74, 6) is 0.126. The van der Waals surface area contributed by atoms with Gasteiger partial charge in [0.05, 0.1) is 5.75 Å². The molecule has 0 aliphatic rings. The lowest BCUT2D eigenvalue weighted by atomic mass is 10.2. The molecule has 3 aromatic carbocycles. The van der Waals surface area contributed by atoms with E-state index in [4.69, 9.17) is 11.6 Å². The molecule has 0 spiro atoms. The predicted octanol–water partition coefficient (Wildman–Crippen LogP) is 6.07. The van der Waals surface area contributed by atoms with Gasteiger partial charge < -0.3 is 5.32 Å². The highest BCUT2D eigenvalue weighted by Gasteiger charge is 2.17. The molecule has 0 fully saturated rings. The molecule has 1 heterocycles. The molecule has 0 saturated carbocycles. The average molecular weight is 467 g/mol. The molecule has 4 aromatic rings. The van der Waals surface area contributed by atoms with Crippen molar-refractivity contribution in [3.8, 4) is 17.1 Å². The smallest absolute Gasteiger partial charge is 0.234 e. The van der Waals surface area contributed by atoms with Crippen molar-refractivity contribution >= 4 is 35.0 Å². The Bertz CT molecular complexity index is 1260. The first-order chi connectivity index (χ1) is 15.4. The molecule has 0 saturated heterocycles. The molecule has 4 rings (SSSR count). The van der Waals surface area contributed by atoms with Gasteiger partial charge in [-0.25, -0.2) is 4.39 Å². The van der Waals surface area contributed by atoms with E-state index in [2.05, 4.69) is 15.5 Å². The Kier molecular flexibility index (Phi) is 6.58. The Balaban J connectivity index is 1.59. The van der Waals surface area contributed by atoms with Crippen LogP contribution in [0.25, 0.3) is 17.1 Å².